The van der Waals surface area contributed by atoms with E-state index in [0.717, 1.165) is 25.7 Å². The van der Waals surface area contributed by atoms with Gasteiger partial charge in [0.1, 0.15) is 11.5 Å². The number of halogens is 1. The third kappa shape index (κ3) is 5.26. The van der Waals surface area contributed by atoms with Crippen LogP contribution in [0.1, 0.15) is 36.0 Å². The number of carbonyl (C=O) groups is 1. The highest BCUT2D eigenvalue weighted by molar-refractivity contribution is 6.33. The van der Waals surface area contributed by atoms with Gasteiger partial charge in [-0.2, -0.15) is 4.98 Å². The first-order valence-electron chi connectivity index (χ1n) is 11.6. The molecule has 35 heavy (non-hydrogen) atoms. The van der Waals surface area contributed by atoms with Crippen LogP contribution in [0.5, 0.6) is 11.5 Å². The summed E-state index contributed by atoms with van der Waals surface area (Å²) in [5, 5.41) is 19.5. The molecule has 1 fully saturated rings. The summed E-state index contributed by atoms with van der Waals surface area (Å²) in [5.41, 5.74) is 1.76. The second kappa shape index (κ2) is 10.4. The number of fused-ring (bicyclic) bond motifs is 1. The van der Waals surface area contributed by atoms with Gasteiger partial charge in [0.25, 0.3) is 5.91 Å². The molecule has 1 saturated carbocycles. The van der Waals surface area contributed by atoms with Crippen LogP contribution in [0.2, 0.25) is 5.02 Å². The molecule has 1 aliphatic heterocycles. The number of anilines is 4. The Labute approximate surface area is 207 Å². The molecule has 1 aliphatic carbocycles. The lowest BCUT2D eigenvalue weighted by Crippen LogP contribution is -2.43. The summed E-state index contributed by atoms with van der Waals surface area (Å²) in [6, 6.07) is 12.3. The molecule has 0 bridgehead atoms. The molecular formula is C25H26ClN5O4. The van der Waals surface area contributed by atoms with Crippen molar-refractivity contribution in [3.63, 3.8) is 0 Å². The molecule has 0 spiro atoms. The van der Waals surface area contributed by atoms with E-state index in [1.807, 2.05) is 6.07 Å². The van der Waals surface area contributed by atoms with E-state index in [4.69, 9.17) is 21.1 Å². The van der Waals surface area contributed by atoms with Crippen molar-refractivity contribution in [2.75, 3.05) is 24.0 Å². The largest absolute Gasteiger partial charge is 0.454 e. The van der Waals surface area contributed by atoms with Crippen molar-refractivity contribution >= 4 is 40.6 Å². The number of nitrogens with zero attached hydrogens (tertiary/aromatic N) is 2. The van der Waals surface area contributed by atoms with Crippen LogP contribution >= 0.6 is 11.6 Å². The molecule has 0 radical (unpaired) electrons. The Kier molecular flexibility index (Phi) is 6.87. The van der Waals surface area contributed by atoms with E-state index in [-0.39, 0.29) is 31.3 Å². The number of carbonyl (C=O) groups excluding carboxylic acids is 1. The van der Waals surface area contributed by atoms with Crippen LogP contribution in [0.4, 0.5) is 23.1 Å². The molecule has 2 aliphatic rings. The Morgan fingerprint density at radius 3 is 2.89 bits per heavy atom. The van der Waals surface area contributed by atoms with E-state index < -0.39 is 0 Å². The molecule has 0 saturated heterocycles. The third-order valence-corrected chi connectivity index (χ3v) is 6.55. The predicted molar refractivity (Wildman–Crippen MR) is 133 cm³/mol. The molecule has 0 unspecified atom stereocenters. The third-order valence-electron chi connectivity index (χ3n) is 6.24. The quantitative estimate of drug-likeness (QED) is 0.375. The van der Waals surface area contributed by atoms with Crippen molar-refractivity contribution in [1.82, 2.24) is 15.3 Å². The maximum Gasteiger partial charge on any atom is 0.251 e. The molecule has 3 aromatic rings. The number of ether oxygens (including phenoxy) is 2. The molecular weight excluding hydrogens is 470 g/mol. The van der Waals surface area contributed by atoms with Crippen LogP contribution in [0.15, 0.2) is 48.7 Å². The van der Waals surface area contributed by atoms with Crippen LogP contribution in [0.3, 0.4) is 0 Å². The van der Waals surface area contributed by atoms with E-state index in [9.17, 15) is 9.90 Å². The number of hydrogen-bond donors (Lipinski definition) is 4. The highest BCUT2D eigenvalue weighted by Crippen LogP contribution is 2.44. The molecule has 2 heterocycles. The zero-order valence-electron chi connectivity index (χ0n) is 19.0. The zero-order chi connectivity index (χ0) is 24.2. The van der Waals surface area contributed by atoms with Crippen LogP contribution in [-0.4, -0.2) is 40.4 Å². The molecule has 4 N–H and O–H groups in total. The SMILES string of the molecule is O=C(N[C@@H]1CCCC[C@H]1CO)c1cccc(Nc2nccc(Nc3c(Cl)ccc4c3OCO4)n2)c1. The minimum Gasteiger partial charge on any atom is -0.454 e. The summed E-state index contributed by atoms with van der Waals surface area (Å²) in [5.74, 6) is 1.94. The standard InChI is InChI=1S/C25H26ClN5O4/c26-18-8-9-20-23(35-14-34-20)22(18)30-21-10-11-27-25(31-21)28-17-6-3-5-15(12-17)24(33)29-19-7-2-1-4-16(19)13-32/h3,5-6,8-12,16,19,32H,1-2,4,7,13-14H2,(H,29,33)(H2,27,28,30,31)/t16-,19+/m0/s1. The molecule has 182 valence electrons. The molecule has 1 aromatic heterocycles. The van der Waals surface area contributed by atoms with Crippen LogP contribution < -0.4 is 25.4 Å². The molecule has 10 heteroatoms. The maximum atomic E-state index is 12.9. The first-order chi connectivity index (χ1) is 17.1. The van der Waals surface area contributed by atoms with E-state index >= 15 is 0 Å². The van der Waals surface area contributed by atoms with Gasteiger partial charge in [0.2, 0.25) is 12.7 Å². The van der Waals surface area contributed by atoms with Gasteiger partial charge in [-0.1, -0.05) is 30.5 Å². The molecule has 9 nitrogen and oxygen atoms in total. The lowest BCUT2D eigenvalue weighted by Gasteiger charge is -2.30. The smallest absolute Gasteiger partial charge is 0.251 e. The Hall–Kier alpha value is -3.56. The number of amides is 1. The van der Waals surface area contributed by atoms with Gasteiger partial charge in [-0.15, -0.1) is 0 Å². The Morgan fingerprint density at radius 2 is 2.00 bits per heavy atom. The lowest BCUT2D eigenvalue weighted by molar-refractivity contribution is 0.0872. The fourth-order valence-corrected chi connectivity index (χ4v) is 4.61. The number of benzene rings is 2. The minimum absolute atomic E-state index is 0.00964. The van der Waals surface area contributed by atoms with E-state index in [1.165, 1.54) is 0 Å². The van der Waals surface area contributed by atoms with E-state index in [1.54, 1.807) is 42.6 Å². The van der Waals surface area contributed by atoms with E-state index in [2.05, 4.69) is 25.9 Å². The summed E-state index contributed by atoms with van der Waals surface area (Å²) < 4.78 is 10.9. The maximum absolute atomic E-state index is 12.9. The summed E-state index contributed by atoms with van der Waals surface area (Å²) in [7, 11) is 0. The Bertz CT molecular complexity index is 1220. The average Bonchev–Trinajstić information content (AvgIpc) is 3.36. The summed E-state index contributed by atoms with van der Waals surface area (Å²) in [4.78, 5) is 21.6. The first kappa shape index (κ1) is 23.2. The van der Waals surface area contributed by atoms with Crippen molar-refractivity contribution in [3.05, 3.63) is 59.2 Å². The average molecular weight is 496 g/mol. The Balaban J connectivity index is 1.28. The fraction of sp³-hybridized carbons (Fsp3) is 0.320. The monoisotopic (exact) mass is 495 g/mol. The summed E-state index contributed by atoms with van der Waals surface area (Å²) in [6.45, 7) is 0.219. The number of rotatable bonds is 7. The molecule has 1 amide bonds. The number of nitrogens with one attached hydrogen (secondary N) is 3. The van der Waals surface area contributed by atoms with Gasteiger partial charge in [-0.05, 0) is 49.2 Å². The molecule has 2 aromatic carbocycles. The second-order valence-electron chi connectivity index (χ2n) is 8.56. The van der Waals surface area contributed by atoms with Crippen LogP contribution in [0.25, 0.3) is 0 Å². The lowest BCUT2D eigenvalue weighted by atomic mass is 9.85. The minimum atomic E-state index is -0.162. The van der Waals surface area contributed by atoms with Crippen molar-refractivity contribution in [1.29, 1.82) is 0 Å². The van der Waals surface area contributed by atoms with Crippen molar-refractivity contribution in [3.8, 4) is 11.5 Å². The normalized spacial score (nSPS) is 18.7. The van der Waals surface area contributed by atoms with Gasteiger partial charge < -0.3 is 30.5 Å². The predicted octanol–water partition coefficient (Wildman–Crippen LogP) is 4.63. The zero-order valence-corrected chi connectivity index (χ0v) is 19.7. The number of aromatic nitrogens is 2. The number of hydrogen-bond acceptors (Lipinski definition) is 8. The fourth-order valence-electron chi connectivity index (χ4n) is 4.42. The van der Waals surface area contributed by atoms with Gasteiger partial charge in [0.05, 0.1) is 5.02 Å². The van der Waals surface area contributed by atoms with Gasteiger partial charge in [0.15, 0.2) is 11.5 Å². The highest BCUT2D eigenvalue weighted by atomic mass is 35.5. The Morgan fingerprint density at radius 1 is 1.11 bits per heavy atom. The van der Waals surface area contributed by atoms with Crippen LogP contribution in [0, 0.1) is 5.92 Å². The summed E-state index contributed by atoms with van der Waals surface area (Å²) >= 11 is 6.35. The molecule has 5 rings (SSSR count). The van der Waals surface area contributed by atoms with Gasteiger partial charge in [-0.3, -0.25) is 4.79 Å². The first-order valence-corrected chi connectivity index (χ1v) is 12.0. The van der Waals surface area contributed by atoms with E-state index in [0.29, 0.717) is 45.2 Å². The van der Waals surface area contributed by atoms with Crippen molar-refractivity contribution in [2.45, 2.75) is 31.7 Å². The van der Waals surface area contributed by atoms with Gasteiger partial charge >= 0.3 is 0 Å². The molecule has 2 atom stereocenters. The van der Waals surface area contributed by atoms with Gasteiger partial charge in [0, 0.05) is 36.0 Å². The topological polar surface area (TPSA) is 118 Å². The highest BCUT2D eigenvalue weighted by Gasteiger charge is 2.26. The summed E-state index contributed by atoms with van der Waals surface area (Å²) in [6.07, 6.45) is 5.57. The van der Waals surface area contributed by atoms with Crippen LogP contribution in [-0.2, 0) is 0 Å². The van der Waals surface area contributed by atoms with Crippen molar-refractivity contribution in [2.24, 2.45) is 5.92 Å². The number of aliphatic hydroxyl groups is 1. The van der Waals surface area contributed by atoms with Crippen molar-refractivity contribution < 1.29 is 19.4 Å². The number of aliphatic hydroxyl groups excluding tert-OH is 1. The van der Waals surface area contributed by atoms with Gasteiger partial charge in [-0.25, -0.2) is 4.98 Å². The second-order valence-corrected chi connectivity index (χ2v) is 8.97.